The van der Waals surface area contributed by atoms with Crippen molar-refractivity contribution in [1.82, 2.24) is 9.88 Å². The van der Waals surface area contributed by atoms with Crippen LogP contribution >= 0.6 is 0 Å². The monoisotopic (exact) mass is 292 g/mol. The Morgan fingerprint density at radius 1 is 1.52 bits per heavy atom. The minimum Gasteiger partial charge on any atom is -0.494 e. The van der Waals surface area contributed by atoms with E-state index in [0.717, 1.165) is 0 Å². The van der Waals surface area contributed by atoms with Crippen LogP contribution in [0.15, 0.2) is 18.5 Å². The number of nitrogens with zero attached hydrogens (tertiary/aromatic N) is 2. The molecule has 0 aromatic carbocycles. The quantitative estimate of drug-likeness (QED) is 0.915. The van der Waals surface area contributed by atoms with Crippen molar-refractivity contribution in [2.75, 3.05) is 20.2 Å². The molecule has 1 aromatic rings. The van der Waals surface area contributed by atoms with Gasteiger partial charge in [-0.2, -0.15) is 0 Å². The Morgan fingerprint density at radius 3 is 2.90 bits per heavy atom. The standard InChI is InChI=1S/C15H20N2O4/c1-3-15(14(19)20)6-4-8-17(10-15)13(18)11-5-7-16-9-12(11)21-2/h5,7,9H,3-4,6,8,10H2,1-2H3,(H,19,20). The number of carboxylic acid groups (broad SMARTS) is 1. The fourth-order valence-corrected chi connectivity index (χ4v) is 2.81. The smallest absolute Gasteiger partial charge is 0.311 e. The van der Waals surface area contributed by atoms with Gasteiger partial charge >= 0.3 is 5.97 Å². The van der Waals surface area contributed by atoms with Gasteiger partial charge < -0.3 is 14.7 Å². The Bertz CT molecular complexity index is 546. The summed E-state index contributed by atoms with van der Waals surface area (Å²) < 4.78 is 5.16. The first-order valence-electron chi connectivity index (χ1n) is 7.05. The normalized spacial score (nSPS) is 21.9. The van der Waals surface area contributed by atoms with Gasteiger partial charge in [-0.25, -0.2) is 0 Å². The van der Waals surface area contributed by atoms with Crippen LogP contribution in [0.25, 0.3) is 0 Å². The van der Waals surface area contributed by atoms with Gasteiger partial charge in [0.05, 0.1) is 24.3 Å². The minimum atomic E-state index is -0.839. The molecule has 2 heterocycles. The third-order valence-corrected chi connectivity index (χ3v) is 4.23. The molecule has 0 aliphatic carbocycles. The van der Waals surface area contributed by atoms with Gasteiger partial charge in [0.2, 0.25) is 0 Å². The molecule has 1 N–H and O–H groups in total. The number of amides is 1. The number of hydrogen-bond acceptors (Lipinski definition) is 4. The third kappa shape index (κ3) is 2.84. The van der Waals surface area contributed by atoms with Crippen molar-refractivity contribution in [2.45, 2.75) is 26.2 Å². The van der Waals surface area contributed by atoms with Crippen molar-refractivity contribution < 1.29 is 19.4 Å². The largest absolute Gasteiger partial charge is 0.494 e. The highest BCUT2D eigenvalue weighted by Gasteiger charge is 2.42. The van der Waals surface area contributed by atoms with Gasteiger partial charge in [-0.05, 0) is 25.3 Å². The topological polar surface area (TPSA) is 79.7 Å². The summed E-state index contributed by atoms with van der Waals surface area (Å²) >= 11 is 0. The van der Waals surface area contributed by atoms with E-state index >= 15 is 0 Å². The summed E-state index contributed by atoms with van der Waals surface area (Å²) in [6, 6.07) is 1.60. The van der Waals surface area contributed by atoms with Crippen LogP contribution in [0.3, 0.4) is 0 Å². The molecule has 1 aromatic heterocycles. The lowest BCUT2D eigenvalue weighted by Gasteiger charge is -2.39. The molecule has 1 aliphatic heterocycles. The Hall–Kier alpha value is -2.11. The highest BCUT2D eigenvalue weighted by Crippen LogP contribution is 2.34. The molecule has 1 unspecified atom stereocenters. The predicted octanol–water partition coefficient (Wildman–Crippen LogP) is 1.81. The second-order valence-corrected chi connectivity index (χ2v) is 5.35. The van der Waals surface area contributed by atoms with Crippen LogP contribution < -0.4 is 4.74 Å². The summed E-state index contributed by atoms with van der Waals surface area (Å²) in [4.78, 5) is 29.7. The molecule has 0 saturated carbocycles. The van der Waals surface area contributed by atoms with Gasteiger partial charge in [-0.15, -0.1) is 0 Å². The number of aliphatic carboxylic acids is 1. The van der Waals surface area contributed by atoms with E-state index in [4.69, 9.17) is 4.74 Å². The van der Waals surface area contributed by atoms with Crippen molar-refractivity contribution in [1.29, 1.82) is 0 Å². The van der Waals surface area contributed by atoms with Crippen molar-refractivity contribution in [3.05, 3.63) is 24.0 Å². The van der Waals surface area contributed by atoms with Gasteiger partial charge in [0.15, 0.2) is 0 Å². The highest BCUT2D eigenvalue weighted by atomic mass is 16.5. The van der Waals surface area contributed by atoms with E-state index in [-0.39, 0.29) is 12.5 Å². The molecule has 1 atom stereocenters. The Morgan fingerprint density at radius 2 is 2.29 bits per heavy atom. The third-order valence-electron chi connectivity index (χ3n) is 4.23. The molecule has 2 rings (SSSR count). The zero-order valence-electron chi connectivity index (χ0n) is 12.3. The maximum Gasteiger partial charge on any atom is 0.311 e. The SMILES string of the molecule is CCC1(C(=O)O)CCCN(C(=O)c2ccncc2OC)C1. The Labute approximate surface area is 123 Å². The summed E-state index contributed by atoms with van der Waals surface area (Å²) in [5, 5.41) is 9.49. The van der Waals surface area contributed by atoms with Gasteiger partial charge in [-0.1, -0.05) is 6.92 Å². The van der Waals surface area contributed by atoms with E-state index in [1.165, 1.54) is 19.5 Å². The van der Waals surface area contributed by atoms with E-state index in [2.05, 4.69) is 4.98 Å². The second kappa shape index (κ2) is 6.11. The van der Waals surface area contributed by atoms with Crippen LogP contribution in [0.2, 0.25) is 0 Å². The van der Waals surface area contributed by atoms with Crippen LogP contribution in [-0.4, -0.2) is 47.1 Å². The highest BCUT2D eigenvalue weighted by molar-refractivity contribution is 5.97. The molecule has 6 heteroatoms. The minimum absolute atomic E-state index is 0.201. The summed E-state index contributed by atoms with van der Waals surface area (Å²) in [5.74, 6) is -0.622. The maximum absolute atomic E-state index is 12.6. The average molecular weight is 292 g/mol. The molecule has 0 radical (unpaired) electrons. The van der Waals surface area contributed by atoms with Crippen LogP contribution in [0.1, 0.15) is 36.5 Å². The summed E-state index contributed by atoms with van der Waals surface area (Å²) in [6.45, 7) is 2.66. The number of carbonyl (C=O) groups excluding carboxylic acids is 1. The number of carboxylic acids is 1. The lowest BCUT2D eigenvalue weighted by molar-refractivity contribution is -0.152. The number of piperidine rings is 1. The van der Waals surface area contributed by atoms with Gasteiger partial charge in [0.25, 0.3) is 5.91 Å². The molecule has 21 heavy (non-hydrogen) atoms. The Kier molecular flexibility index (Phi) is 4.45. The predicted molar refractivity (Wildman–Crippen MR) is 76.3 cm³/mol. The van der Waals surface area contributed by atoms with Crippen molar-refractivity contribution in [3.63, 3.8) is 0 Å². The molecular weight excluding hydrogens is 272 g/mol. The van der Waals surface area contributed by atoms with Crippen molar-refractivity contribution in [3.8, 4) is 5.75 Å². The number of hydrogen-bond donors (Lipinski definition) is 1. The second-order valence-electron chi connectivity index (χ2n) is 5.35. The van der Waals surface area contributed by atoms with Gasteiger partial charge in [-0.3, -0.25) is 14.6 Å². The van der Waals surface area contributed by atoms with Crippen molar-refractivity contribution >= 4 is 11.9 Å². The summed E-state index contributed by atoms with van der Waals surface area (Å²) in [7, 11) is 1.48. The molecule has 114 valence electrons. The molecular formula is C15H20N2O4. The molecule has 6 nitrogen and oxygen atoms in total. The van der Waals surface area contributed by atoms with Crippen molar-refractivity contribution in [2.24, 2.45) is 5.41 Å². The first kappa shape index (κ1) is 15.3. The lowest BCUT2D eigenvalue weighted by atomic mass is 9.77. The average Bonchev–Trinajstić information content (AvgIpc) is 2.53. The number of pyridine rings is 1. The molecule has 0 bridgehead atoms. The molecule has 1 amide bonds. The van der Waals surface area contributed by atoms with Crippen LogP contribution in [-0.2, 0) is 4.79 Å². The first-order chi connectivity index (χ1) is 10.0. The number of aromatic nitrogens is 1. The lowest BCUT2D eigenvalue weighted by Crippen LogP contribution is -2.49. The van der Waals surface area contributed by atoms with E-state index in [9.17, 15) is 14.7 Å². The summed E-state index contributed by atoms with van der Waals surface area (Å²) in [6.07, 6.45) is 4.83. The van der Waals surface area contributed by atoms with Crippen LogP contribution in [0, 0.1) is 5.41 Å². The number of ether oxygens (including phenoxy) is 1. The van der Waals surface area contributed by atoms with E-state index < -0.39 is 11.4 Å². The zero-order valence-corrected chi connectivity index (χ0v) is 12.3. The maximum atomic E-state index is 12.6. The first-order valence-corrected chi connectivity index (χ1v) is 7.05. The molecule has 1 aliphatic rings. The van der Waals surface area contributed by atoms with E-state index in [0.29, 0.717) is 37.1 Å². The fourth-order valence-electron chi connectivity index (χ4n) is 2.81. The molecule has 1 fully saturated rings. The van der Waals surface area contributed by atoms with E-state index in [1.807, 2.05) is 6.92 Å². The number of carbonyl (C=O) groups is 2. The Balaban J connectivity index is 2.25. The van der Waals surface area contributed by atoms with Gasteiger partial charge in [0.1, 0.15) is 5.75 Å². The number of methoxy groups -OCH3 is 1. The van der Waals surface area contributed by atoms with Gasteiger partial charge in [0, 0.05) is 19.3 Å². The van der Waals surface area contributed by atoms with Crippen LogP contribution in [0.5, 0.6) is 5.75 Å². The molecule has 1 saturated heterocycles. The molecule has 0 spiro atoms. The number of likely N-dealkylation sites (tertiary alicyclic amines) is 1. The fraction of sp³-hybridized carbons (Fsp3) is 0.533. The van der Waals surface area contributed by atoms with E-state index in [1.54, 1.807) is 11.0 Å². The van der Waals surface area contributed by atoms with Crippen LogP contribution in [0.4, 0.5) is 0 Å². The zero-order chi connectivity index (χ0) is 15.5. The summed E-state index contributed by atoms with van der Waals surface area (Å²) in [5.41, 5.74) is -0.418. The number of rotatable bonds is 4.